The molecule has 0 aliphatic heterocycles. The van der Waals surface area contributed by atoms with E-state index in [1.54, 1.807) is 6.20 Å². The average Bonchev–Trinajstić information content (AvgIpc) is 2.59. The molecule has 0 amide bonds. The van der Waals surface area contributed by atoms with Gasteiger partial charge in [-0.3, -0.25) is 4.99 Å². The van der Waals surface area contributed by atoms with Crippen molar-refractivity contribution in [1.82, 2.24) is 15.6 Å². The first-order valence-electron chi connectivity index (χ1n) is 8.59. The third-order valence-electron chi connectivity index (χ3n) is 4.02. The highest BCUT2D eigenvalue weighted by Gasteiger charge is 2.26. The normalized spacial score (nSPS) is 16.6. The maximum Gasteiger partial charge on any atom is 0.390 e. The van der Waals surface area contributed by atoms with Gasteiger partial charge >= 0.3 is 6.18 Å². The molecule has 1 aromatic heterocycles. The van der Waals surface area contributed by atoms with E-state index in [2.05, 4.69) is 20.6 Å². The van der Waals surface area contributed by atoms with Crippen LogP contribution in [0.3, 0.4) is 0 Å². The zero-order valence-corrected chi connectivity index (χ0v) is 14.4. The van der Waals surface area contributed by atoms with Gasteiger partial charge in [0, 0.05) is 32.4 Å². The number of alkyl halides is 3. The smallest absolute Gasteiger partial charge is 0.390 e. The second-order valence-corrected chi connectivity index (χ2v) is 6.10. The van der Waals surface area contributed by atoms with Crippen molar-refractivity contribution in [3.63, 3.8) is 0 Å². The molecule has 140 valence electrons. The van der Waals surface area contributed by atoms with E-state index in [0.717, 1.165) is 18.4 Å². The minimum absolute atomic E-state index is 0.213. The molecule has 1 aliphatic carbocycles. The number of pyridine rings is 1. The molecule has 1 heterocycles. The Morgan fingerprint density at radius 2 is 2.00 bits per heavy atom. The molecule has 8 heteroatoms. The van der Waals surface area contributed by atoms with Crippen molar-refractivity contribution in [2.45, 2.75) is 57.3 Å². The molecule has 0 bridgehead atoms. The van der Waals surface area contributed by atoms with Crippen molar-refractivity contribution in [3.8, 4) is 5.88 Å². The van der Waals surface area contributed by atoms with Gasteiger partial charge in [0.15, 0.2) is 5.96 Å². The lowest BCUT2D eigenvalue weighted by molar-refractivity contribution is -0.132. The predicted molar refractivity (Wildman–Crippen MR) is 90.6 cm³/mol. The molecule has 5 nitrogen and oxygen atoms in total. The van der Waals surface area contributed by atoms with Crippen molar-refractivity contribution in [1.29, 1.82) is 0 Å². The second kappa shape index (κ2) is 9.48. The number of ether oxygens (including phenoxy) is 1. The first-order chi connectivity index (χ1) is 12.0. The van der Waals surface area contributed by atoms with Crippen LogP contribution in [0.1, 0.15) is 44.1 Å². The molecule has 0 saturated heterocycles. The van der Waals surface area contributed by atoms with Gasteiger partial charge in [-0.1, -0.05) is 12.5 Å². The highest BCUT2D eigenvalue weighted by atomic mass is 19.4. The van der Waals surface area contributed by atoms with Gasteiger partial charge in [0.2, 0.25) is 5.88 Å². The van der Waals surface area contributed by atoms with Crippen LogP contribution in [-0.2, 0) is 6.54 Å². The zero-order chi connectivity index (χ0) is 18.1. The Labute approximate surface area is 146 Å². The van der Waals surface area contributed by atoms with Crippen LogP contribution in [0.25, 0.3) is 0 Å². The topological polar surface area (TPSA) is 58.5 Å². The zero-order valence-electron chi connectivity index (χ0n) is 14.4. The van der Waals surface area contributed by atoms with Gasteiger partial charge in [-0.2, -0.15) is 13.2 Å². The summed E-state index contributed by atoms with van der Waals surface area (Å²) in [4.78, 5) is 8.20. The van der Waals surface area contributed by atoms with Crippen LogP contribution in [-0.4, -0.2) is 36.8 Å². The number of rotatable bonds is 6. The highest BCUT2D eigenvalue weighted by molar-refractivity contribution is 5.79. The van der Waals surface area contributed by atoms with E-state index in [0.29, 0.717) is 18.4 Å². The number of hydrogen-bond donors (Lipinski definition) is 2. The lowest BCUT2D eigenvalue weighted by Crippen LogP contribution is -2.38. The van der Waals surface area contributed by atoms with Crippen molar-refractivity contribution in [2.75, 3.05) is 13.6 Å². The lowest BCUT2D eigenvalue weighted by Gasteiger charge is -2.22. The van der Waals surface area contributed by atoms with Crippen LogP contribution < -0.4 is 15.4 Å². The van der Waals surface area contributed by atoms with E-state index < -0.39 is 12.6 Å². The van der Waals surface area contributed by atoms with Crippen molar-refractivity contribution < 1.29 is 17.9 Å². The van der Waals surface area contributed by atoms with Crippen LogP contribution in [0, 0.1) is 0 Å². The first-order valence-corrected chi connectivity index (χ1v) is 8.59. The van der Waals surface area contributed by atoms with E-state index >= 15 is 0 Å². The fourth-order valence-corrected chi connectivity index (χ4v) is 2.67. The number of aliphatic imine (C=N–C) groups is 1. The fraction of sp³-hybridized carbons (Fsp3) is 0.647. The molecule has 2 N–H and O–H groups in total. The number of guanidine groups is 1. The summed E-state index contributed by atoms with van der Waals surface area (Å²) in [5.74, 6) is 0.940. The van der Waals surface area contributed by atoms with Crippen molar-refractivity contribution >= 4 is 5.96 Å². The summed E-state index contributed by atoms with van der Waals surface area (Å²) in [5.41, 5.74) is 0.898. The molecule has 0 spiro atoms. The number of hydrogen-bond acceptors (Lipinski definition) is 3. The van der Waals surface area contributed by atoms with Crippen LogP contribution in [0.4, 0.5) is 13.2 Å². The van der Waals surface area contributed by atoms with Crippen LogP contribution in [0.5, 0.6) is 5.88 Å². The number of aromatic nitrogens is 1. The van der Waals surface area contributed by atoms with Gasteiger partial charge in [-0.05, 0) is 31.2 Å². The highest BCUT2D eigenvalue weighted by Crippen LogP contribution is 2.22. The van der Waals surface area contributed by atoms with E-state index in [-0.39, 0.29) is 12.6 Å². The molecule has 2 rings (SSSR count). The maximum atomic E-state index is 12.1. The molecular weight excluding hydrogens is 333 g/mol. The summed E-state index contributed by atoms with van der Waals surface area (Å²) < 4.78 is 42.3. The summed E-state index contributed by atoms with van der Waals surface area (Å²) in [6, 6.07) is 3.71. The van der Waals surface area contributed by atoms with Gasteiger partial charge in [-0.25, -0.2) is 4.98 Å². The van der Waals surface area contributed by atoms with Crippen molar-refractivity contribution in [2.24, 2.45) is 4.99 Å². The Hall–Kier alpha value is -1.99. The predicted octanol–water partition coefficient (Wildman–Crippen LogP) is 3.41. The lowest BCUT2D eigenvalue weighted by atomic mass is 9.98. The Bertz CT molecular complexity index is 540. The van der Waals surface area contributed by atoms with Crippen molar-refractivity contribution in [3.05, 3.63) is 23.9 Å². The average molecular weight is 358 g/mol. The molecule has 0 radical (unpaired) electrons. The number of nitrogens with one attached hydrogen (secondary N) is 2. The minimum atomic E-state index is -4.18. The summed E-state index contributed by atoms with van der Waals surface area (Å²) in [6.07, 6.45) is 2.70. The molecule has 0 unspecified atom stereocenters. The van der Waals surface area contributed by atoms with Crippen LogP contribution in [0.2, 0.25) is 0 Å². The van der Waals surface area contributed by atoms with Gasteiger partial charge in [0.1, 0.15) is 6.10 Å². The van der Waals surface area contributed by atoms with Crippen LogP contribution >= 0.6 is 0 Å². The Morgan fingerprint density at radius 3 is 2.60 bits per heavy atom. The molecule has 1 saturated carbocycles. The Balaban J connectivity index is 1.74. The van der Waals surface area contributed by atoms with E-state index in [4.69, 9.17) is 4.74 Å². The molecule has 1 aliphatic rings. The maximum absolute atomic E-state index is 12.1. The number of halogens is 3. The van der Waals surface area contributed by atoms with Gasteiger partial charge in [-0.15, -0.1) is 0 Å². The van der Waals surface area contributed by atoms with Gasteiger partial charge in [0.05, 0.1) is 6.42 Å². The first kappa shape index (κ1) is 19.3. The monoisotopic (exact) mass is 358 g/mol. The third-order valence-corrected chi connectivity index (χ3v) is 4.02. The van der Waals surface area contributed by atoms with E-state index in [9.17, 15) is 13.2 Å². The molecule has 1 fully saturated rings. The summed E-state index contributed by atoms with van der Waals surface area (Å²) in [7, 11) is 1.52. The molecule has 0 atom stereocenters. The largest absolute Gasteiger partial charge is 0.474 e. The number of nitrogens with zero attached hydrogens (tertiary/aromatic N) is 2. The summed E-state index contributed by atoms with van der Waals surface area (Å²) in [5, 5.41) is 5.60. The third kappa shape index (κ3) is 7.62. The van der Waals surface area contributed by atoms with Gasteiger partial charge in [0.25, 0.3) is 0 Å². The second-order valence-electron chi connectivity index (χ2n) is 6.10. The van der Waals surface area contributed by atoms with Crippen LogP contribution in [0.15, 0.2) is 23.3 Å². The van der Waals surface area contributed by atoms with E-state index in [1.807, 2.05) is 12.1 Å². The molecule has 0 aromatic carbocycles. The molecule has 25 heavy (non-hydrogen) atoms. The quantitative estimate of drug-likeness (QED) is 0.604. The molecule has 1 aromatic rings. The molecular formula is C17H25F3N4O. The minimum Gasteiger partial charge on any atom is -0.474 e. The standard InChI is InChI=1S/C17H25F3N4O/c1-21-16(22-10-9-17(18,19)20)24-12-13-7-8-15(23-11-13)25-14-5-3-2-4-6-14/h7-8,11,14H,2-6,9-10,12H2,1H3,(H2,21,22,24). The Morgan fingerprint density at radius 1 is 1.24 bits per heavy atom. The van der Waals surface area contributed by atoms with Gasteiger partial charge < -0.3 is 15.4 Å². The van der Waals surface area contributed by atoms with E-state index in [1.165, 1.54) is 26.3 Å². The summed E-state index contributed by atoms with van der Waals surface area (Å²) >= 11 is 0. The SMILES string of the molecule is CN=C(NCCC(F)(F)F)NCc1ccc(OC2CCCCC2)nc1. The summed E-state index contributed by atoms with van der Waals surface area (Å²) in [6.45, 7) is 0.206. The fourth-order valence-electron chi connectivity index (χ4n) is 2.67. The Kier molecular flexibility index (Phi) is 7.33.